The Morgan fingerprint density at radius 2 is 1.81 bits per heavy atom. The summed E-state index contributed by atoms with van der Waals surface area (Å²) < 4.78 is 0. The second-order valence-corrected chi connectivity index (χ2v) is 5.00. The fraction of sp³-hybridized carbons (Fsp3) is 0.571. The summed E-state index contributed by atoms with van der Waals surface area (Å²) in [5, 5.41) is 0. The minimum absolute atomic E-state index is 0.413. The summed E-state index contributed by atoms with van der Waals surface area (Å²) in [7, 11) is 4.16. The van der Waals surface area contributed by atoms with E-state index in [0.717, 1.165) is 0 Å². The lowest BCUT2D eigenvalue weighted by molar-refractivity contribution is 0.764. The van der Waals surface area contributed by atoms with Crippen molar-refractivity contribution in [3.8, 4) is 0 Å². The molecule has 2 N–H and O–H groups in total. The summed E-state index contributed by atoms with van der Waals surface area (Å²) in [6.07, 6.45) is 0. The molecule has 2 heteroatoms. The summed E-state index contributed by atoms with van der Waals surface area (Å²) in [5.74, 6) is 0.982. The number of benzene rings is 1. The number of rotatable bonds is 4. The SMILES string of the molecule is CC(C)c1ccc(N(C)C)c(C(C)CN)c1. The van der Waals surface area contributed by atoms with Gasteiger partial charge in [0.2, 0.25) is 0 Å². The molecule has 0 amide bonds. The van der Waals surface area contributed by atoms with Gasteiger partial charge >= 0.3 is 0 Å². The van der Waals surface area contributed by atoms with E-state index in [0.29, 0.717) is 18.4 Å². The number of nitrogens with two attached hydrogens (primary N) is 1. The van der Waals surface area contributed by atoms with Gasteiger partial charge in [-0.3, -0.25) is 0 Å². The maximum Gasteiger partial charge on any atom is 0.0396 e. The van der Waals surface area contributed by atoms with Crippen LogP contribution in [0.25, 0.3) is 0 Å². The highest BCUT2D eigenvalue weighted by Gasteiger charge is 2.12. The van der Waals surface area contributed by atoms with E-state index in [4.69, 9.17) is 5.73 Å². The van der Waals surface area contributed by atoms with Crippen LogP contribution in [0.4, 0.5) is 5.69 Å². The third kappa shape index (κ3) is 2.76. The van der Waals surface area contributed by atoms with Crippen molar-refractivity contribution in [3.63, 3.8) is 0 Å². The Labute approximate surface area is 99.5 Å². The Hall–Kier alpha value is -1.02. The quantitative estimate of drug-likeness (QED) is 0.845. The number of nitrogens with zero attached hydrogens (tertiary/aromatic N) is 1. The molecule has 0 spiro atoms. The Bertz CT molecular complexity index is 343. The van der Waals surface area contributed by atoms with Crippen molar-refractivity contribution < 1.29 is 0 Å². The first kappa shape index (κ1) is 13.0. The fourth-order valence-electron chi connectivity index (χ4n) is 1.86. The highest BCUT2D eigenvalue weighted by atomic mass is 15.1. The molecule has 1 aromatic carbocycles. The van der Waals surface area contributed by atoms with Crippen molar-refractivity contribution in [2.45, 2.75) is 32.6 Å². The number of hydrogen-bond donors (Lipinski definition) is 1. The van der Waals surface area contributed by atoms with Crippen LogP contribution < -0.4 is 10.6 Å². The maximum absolute atomic E-state index is 5.78. The largest absolute Gasteiger partial charge is 0.377 e. The van der Waals surface area contributed by atoms with Crippen LogP contribution in [0.15, 0.2) is 18.2 Å². The van der Waals surface area contributed by atoms with E-state index in [1.165, 1.54) is 16.8 Å². The molecule has 1 atom stereocenters. The van der Waals surface area contributed by atoms with Crippen LogP contribution >= 0.6 is 0 Å². The van der Waals surface area contributed by atoms with Gasteiger partial charge in [-0.2, -0.15) is 0 Å². The Morgan fingerprint density at radius 3 is 2.25 bits per heavy atom. The molecule has 1 rings (SSSR count). The lowest BCUT2D eigenvalue weighted by Gasteiger charge is -2.22. The minimum atomic E-state index is 0.413. The van der Waals surface area contributed by atoms with Crippen molar-refractivity contribution in [2.75, 3.05) is 25.5 Å². The van der Waals surface area contributed by atoms with Gasteiger partial charge < -0.3 is 10.6 Å². The lowest BCUT2D eigenvalue weighted by Crippen LogP contribution is -2.16. The van der Waals surface area contributed by atoms with Gasteiger partial charge in [0.15, 0.2) is 0 Å². The monoisotopic (exact) mass is 220 g/mol. The molecule has 90 valence electrons. The van der Waals surface area contributed by atoms with Gasteiger partial charge in [-0.15, -0.1) is 0 Å². The van der Waals surface area contributed by atoms with Gasteiger partial charge in [-0.25, -0.2) is 0 Å². The predicted octanol–water partition coefficient (Wildman–Crippen LogP) is 2.94. The van der Waals surface area contributed by atoms with Gasteiger partial charge in [-0.05, 0) is 35.6 Å². The van der Waals surface area contributed by atoms with Crippen molar-refractivity contribution in [1.29, 1.82) is 0 Å². The van der Waals surface area contributed by atoms with E-state index >= 15 is 0 Å². The minimum Gasteiger partial charge on any atom is -0.377 e. The van der Waals surface area contributed by atoms with Crippen molar-refractivity contribution in [3.05, 3.63) is 29.3 Å². The first-order valence-corrected chi connectivity index (χ1v) is 5.98. The van der Waals surface area contributed by atoms with Crippen LogP contribution in [0.5, 0.6) is 0 Å². The average molecular weight is 220 g/mol. The van der Waals surface area contributed by atoms with Gasteiger partial charge in [0.05, 0.1) is 0 Å². The van der Waals surface area contributed by atoms with Crippen molar-refractivity contribution >= 4 is 5.69 Å². The molecule has 0 bridgehead atoms. The molecule has 16 heavy (non-hydrogen) atoms. The molecule has 0 radical (unpaired) electrons. The first-order chi connectivity index (χ1) is 7.47. The highest BCUT2D eigenvalue weighted by Crippen LogP contribution is 2.29. The second kappa shape index (κ2) is 5.35. The molecule has 0 saturated carbocycles. The number of hydrogen-bond acceptors (Lipinski definition) is 2. The molecule has 1 aromatic rings. The normalized spacial score (nSPS) is 12.9. The molecule has 1 unspecified atom stereocenters. The molecule has 0 aliphatic heterocycles. The average Bonchev–Trinajstić information content (AvgIpc) is 2.26. The van der Waals surface area contributed by atoms with Crippen molar-refractivity contribution in [2.24, 2.45) is 5.73 Å². The van der Waals surface area contributed by atoms with E-state index in [1.54, 1.807) is 0 Å². The third-order valence-electron chi connectivity index (χ3n) is 3.08. The summed E-state index contributed by atoms with van der Waals surface area (Å²) in [6, 6.07) is 6.72. The van der Waals surface area contributed by atoms with E-state index in [1.807, 2.05) is 0 Å². The Morgan fingerprint density at radius 1 is 1.19 bits per heavy atom. The molecule has 0 fully saturated rings. The molecular formula is C14H24N2. The summed E-state index contributed by atoms with van der Waals surface area (Å²) >= 11 is 0. The smallest absolute Gasteiger partial charge is 0.0396 e. The molecule has 0 heterocycles. The first-order valence-electron chi connectivity index (χ1n) is 5.98. The van der Waals surface area contributed by atoms with E-state index in [9.17, 15) is 0 Å². The van der Waals surface area contributed by atoms with E-state index in [2.05, 4.69) is 58.0 Å². The van der Waals surface area contributed by atoms with Crippen LogP contribution in [0, 0.1) is 0 Å². The van der Waals surface area contributed by atoms with Gasteiger partial charge in [0, 0.05) is 19.8 Å². The standard InChI is InChI=1S/C14H24N2/c1-10(2)12-6-7-14(16(4)5)13(8-12)11(3)9-15/h6-8,10-11H,9,15H2,1-5H3. The van der Waals surface area contributed by atoms with Crippen LogP contribution in [-0.2, 0) is 0 Å². The zero-order valence-corrected chi connectivity index (χ0v) is 11.1. The van der Waals surface area contributed by atoms with Gasteiger partial charge in [0.25, 0.3) is 0 Å². The number of anilines is 1. The zero-order chi connectivity index (χ0) is 12.3. The molecule has 0 aliphatic rings. The second-order valence-electron chi connectivity index (χ2n) is 5.00. The van der Waals surface area contributed by atoms with E-state index in [-0.39, 0.29) is 0 Å². The summed E-state index contributed by atoms with van der Waals surface area (Å²) in [6.45, 7) is 7.33. The Balaban J connectivity index is 3.21. The highest BCUT2D eigenvalue weighted by molar-refractivity contribution is 5.56. The summed E-state index contributed by atoms with van der Waals surface area (Å²) in [4.78, 5) is 2.16. The topological polar surface area (TPSA) is 29.3 Å². The Kier molecular flexibility index (Phi) is 4.36. The van der Waals surface area contributed by atoms with E-state index < -0.39 is 0 Å². The van der Waals surface area contributed by atoms with Crippen LogP contribution in [0.2, 0.25) is 0 Å². The lowest BCUT2D eigenvalue weighted by atomic mass is 9.93. The molecule has 0 saturated heterocycles. The predicted molar refractivity (Wildman–Crippen MR) is 72.3 cm³/mol. The molecule has 2 nitrogen and oxygen atoms in total. The zero-order valence-electron chi connectivity index (χ0n) is 11.1. The summed E-state index contributed by atoms with van der Waals surface area (Å²) in [5.41, 5.74) is 9.81. The van der Waals surface area contributed by atoms with Crippen LogP contribution in [0.1, 0.15) is 43.7 Å². The van der Waals surface area contributed by atoms with Crippen LogP contribution in [0.3, 0.4) is 0 Å². The molecule has 0 aliphatic carbocycles. The molecular weight excluding hydrogens is 196 g/mol. The van der Waals surface area contributed by atoms with Gasteiger partial charge in [0.1, 0.15) is 0 Å². The maximum atomic E-state index is 5.78. The fourth-order valence-corrected chi connectivity index (χ4v) is 1.86. The van der Waals surface area contributed by atoms with Crippen molar-refractivity contribution in [1.82, 2.24) is 0 Å². The van der Waals surface area contributed by atoms with Crippen LogP contribution in [-0.4, -0.2) is 20.6 Å². The molecule has 0 aromatic heterocycles. The van der Waals surface area contributed by atoms with Gasteiger partial charge in [-0.1, -0.05) is 32.9 Å². The third-order valence-corrected chi connectivity index (χ3v) is 3.08.